The van der Waals surface area contributed by atoms with Crippen LogP contribution in [0.2, 0.25) is 0 Å². The van der Waals surface area contributed by atoms with Crippen molar-refractivity contribution in [2.24, 2.45) is 0 Å². The minimum atomic E-state index is -0.109. The van der Waals surface area contributed by atoms with E-state index in [4.69, 9.17) is 0 Å². The van der Waals surface area contributed by atoms with Gasteiger partial charge in [-0.3, -0.25) is 9.89 Å². The number of aromatic amines is 1. The van der Waals surface area contributed by atoms with Gasteiger partial charge in [0.15, 0.2) is 0 Å². The first-order chi connectivity index (χ1) is 10.2. The Morgan fingerprint density at radius 2 is 2.00 bits per heavy atom. The molecule has 0 bridgehead atoms. The van der Waals surface area contributed by atoms with Gasteiger partial charge < -0.3 is 5.32 Å². The van der Waals surface area contributed by atoms with Crippen LogP contribution >= 0.6 is 11.3 Å². The zero-order chi connectivity index (χ0) is 14.4. The van der Waals surface area contributed by atoms with E-state index in [1.807, 2.05) is 29.6 Å². The second kappa shape index (κ2) is 4.56. The first-order valence-electron chi connectivity index (χ1n) is 6.73. The molecule has 1 amide bonds. The smallest absolute Gasteiger partial charge is 0.270 e. The summed E-state index contributed by atoms with van der Waals surface area (Å²) in [5.74, 6) is -0.0886. The lowest BCUT2D eigenvalue weighted by Gasteiger charge is -2.10. The highest BCUT2D eigenvalue weighted by atomic mass is 32.1. The van der Waals surface area contributed by atoms with Crippen molar-refractivity contribution in [3.63, 3.8) is 0 Å². The van der Waals surface area contributed by atoms with Gasteiger partial charge in [0.1, 0.15) is 5.69 Å². The summed E-state index contributed by atoms with van der Waals surface area (Å²) in [6.45, 7) is 2.05. The molecular formula is C16H13N3OS. The fourth-order valence-corrected chi connectivity index (χ4v) is 3.46. The number of hydrogen-bond acceptors (Lipinski definition) is 3. The number of rotatable bonds is 2. The van der Waals surface area contributed by atoms with E-state index in [9.17, 15) is 4.79 Å². The number of aromatic nitrogens is 2. The van der Waals surface area contributed by atoms with E-state index in [2.05, 4.69) is 34.6 Å². The van der Waals surface area contributed by atoms with E-state index >= 15 is 0 Å². The summed E-state index contributed by atoms with van der Waals surface area (Å²) < 4.78 is 0. The molecule has 21 heavy (non-hydrogen) atoms. The predicted octanol–water partition coefficient (Wildman–Crippen LogP) is 3.28. The lowest BCUT2D eigenvalue weighted by molar-refractivity contribution is 0.0956. The number of amides is 1. The van der Waals surface area contributed by atoms with Gasteiger partial charge in [0, 0.05) is 16.0 Å². The number of carbonyl (C=O) groups is 1. The van der Waals surface area contributed by atoms with Gasteiger partial charge in [-0.05, 0) is 18.4 Å². The monoisotopic (exact) mass is 295 g/mol. The summed E-state index contributed by atoms with van der Waals surface area (Å²) in [5.41, 5.74) is 4.60. The van der Waals surface area contributed by atoms with Gasteiger partial charge in [-0.2, -0.15) is 5.10 Å². The molecule has 1 aliphatic heterocycles. The molecule has 4 rings (SSSR count). The third-order valence-corrected chi connectivity index (χ3v) is 4.69. The summed E-state index contributed by atoms with van der Waals surface area (Å²) in [6.07, 6.45) is 0. The lowest BCUT2D eigenvalue weighted by atomic mass is 10.0. The van der Waals surface area contributed by atoms with E-state index in [1.54, 1.807) is 11.3 Å². The van der Waals surface area contributed by atoms with Crippen LogP contribution in [-0.2, 0) is 0 Å². The summed E-state index contributed by atoms with van der Waals surface area (Å²) in [6, 6.07) is 12.1. The van der Waals surface area contributed by atoms with E-state index < -0.39 is 0 Å². The molecule has 5 heteroatoms. The number of aryl methyl sites for hydroxylation is 1. The number of nitrogens with zero attached hydrogens (tertiary/aromatic N) is 1. The third kappa shape index (κ3) is 1.89. The number of benzene rings is 1. The van der Waals surface area contributed by atoms with Gasteiger partial charge in [-0.25, -0.2) is 0 Å². The molecule has 0 saturated heterocycles. The minimum Gasteiger partial charge on any atom is -0.339 e. The SMILES string of the molecule is Cc1ccc(-c2n[nH]c3c2C(c2cccs2)NC3=O)cc1. The molecule has 104 valence electrons. The van der Waals surface area contributed by atoms with Crippen LogP contribution in [0.4, 0.5) is 0 Å². The molecule has 4 nitrogen and oxygen atoms in total. The minimum absolute atomic E-state index is 0.0886. The summed E-state index contributed by atoms with van der Waals surface area (Å²) in [7, 11) is 0. The zero-order valence-corrected chi connectivity index (χ0v) is 12.2. The van der Waals surface area contributed by atoms with Crippen molar-refractivity contribution in [1.82, 2.24) is 15.5 Å². The number of thiophene rings is 1. The number of fused-ring (bicyclic) bond motifs is 1. The molecule has 2 aromatic heterocycles. The Bertz CT molecular complexity index is 803. The summed E-state index contributed by atoms with van der Waals surface area (Å²) in [4.78, 5) is 13.2. The van der Waals surface area contributed by atoms with Crippen LogP contribution in [0.25, 0.3) is 11.3 Å². The van der Waals surface area contributed by atoms with Crippen molar-refractivity contribution in [1.29, 1.82) is 0 Å². The van der Waals surface area contributed by atoms with Crippen molar-refractivity contribution < 1.29 is 4.79 Å². The standard InChI is InChI=1S/C16H13N3OS/c1-9-4-6-10(7-5-9)13-12-14(11-3-2-8-21-11)17-16(20)15(12)19-18-13/h2-8,14H,1H3,(H,17,20)(H,18,19). The highest BCUT2D eigenvalue weighted by Crippen LogP contribution is 2.38. The average molecular weight is 295 g/mol. The van der Waals surface area contributed by atoms with Crippen molar-refractivity contribution in [2.45, 2.75) is 13.0 Å². The van der Waals surface area contributed by atoms with E-state index in [-0.39, 0.29) is 11.9 Å². The molecule has 1 aliphatic rings. The highest BCUT2D eigenvalue weighted by molar-refractivity contribution is 7.10. The van der Waals surface area contributed by atoms with Crippen LogP contribution in [-0.4, -0.2) is 16.1 Å². The first-order valence-corrected chi connectivity index (χ1v) is 7.61. The largest absolute Gasteiger partial charge is 0.339 e. The van der Waals surface area contributed by atoms with Gasteiger partial charge in [0.2, 0.25) is 0 Å². The molecule has 3 aromatic rings. The Labute approximate surface area is 125 Å². The van der Waals surface area contributed by atoms with Gasteiger partial charge in [0.05, 0.1) is 11.7 Å². The molecule has 1 unspecified atom stereocenters. The van der Waals surface area contributed by atoms with Crippen molar-refractivity contribution in [2.75, 3.05) is 0 Å². The van der Waals surface area contributed by atoms with Crippen molar-refractivity contribution in [3.05, 3.63) is 63.5 Å². The van der Waals surface area contributed by atoms with E-state index in [1.165, 1.54) is 5.56 Å². The maximum Gasteiger partial charge on any atom is 0.270 e. The summed E-state index contributed by atoms with van der Waals surface area (Å²) in [5, 5.41) is 12.3. The Morgan fingerprint density at radius 1 is 1.19 bits per heavy atom. The van der Waals surface area contributed by atoms with Crippen LogP contribution < -0.4 is 5.32 Å². The molecule has 0 aliphatic carbocycles. The van der Waals surface area contributed by atoms with E-state index in [0.29, 0.717) is 5.69 Å². The Kier molecular flexibility index (Phi) is 2.68. The zero-order valence-electron chi connectivity index (χ0n) is 11.4. The molecule has 0 spiro atoms. The highest BCUT2D eigenvalue weighted by Gasteiger charge is 2.35. The molecule has 3 heterocycles. The van der Waals surface area contributed by atoms with Crippen molar-refractivity contribution in [3.8, 4) is 11.3 Å². The molecule has 1 aromatic carbocycles. The second-order valence-electron chi connectivity index (χ2n) is 5.15. The van der Waals surface area contributed by atoms with Crippen LogP contribution in [0.5, 0.6) is 0 Å². The van der Waals surface area contributed by atoms with Crippen molar-refractivity contribution >= 4 is 17.2 Å². The number of H-pyrrole nitrogens is 1. The quantitative estimate of drug-likeness (QED) is 0.762. The Hall–Kier alpha value is -2.40. The molecule has 0 fully saturated rings. The summed E-state index contributed by atoms with van der Waals surface area (Å²) >= 11 is 1.64. The molecule has 1 atom stereocenters. The van der Waals surface area contributed by atoms with Crippen LogP contribution in [0.15, 0.2) is 41.8 Å². The van der Waals surface area contributed by atoms with Gasteiger partial charge in [0.25, 0.3) is 5.91 Å². The lowest BCUT2D eigenvalue weighted by Crippen LogP contribution is -2.20. The molecule has 0 saturated carbocycles. The number of carbonyl (C=O) groups excluding carboxylic acids is 1. The average Bonchev–Trinajstić information content (AvgIpc) is 3.18. The van der Waals surface area contributed by atoms with Crippen LogP contribution in [0.3, 0.4) is 0 Å². The van der Waals surface area contributed by atoms with Gasteiger partial charge in [-0.1, -0.05) is 35.9 Å². The molecule has 0 radical (unpaired) electrons. The fourth-order valence-electron chi connectivity index (χ4n) is 2.68. The Balaban J connectivity index is 1.87. The van der Waals surface area contributed by atoms with Crippen LogP contribution in [0, 0.1) is 6.92 Å². The second-order valence-corrected chi connectivity index (χ2v) is 6.13. The van der Waals surface area contributed by atoms with Gasteiger partial charge in [-0.15, -0.1) is 11.3 Å². The molecular weight excluding hydrogens is 282 g/mol. The number of hydrogen-bond donors (Lipinski definition) is 2. The topological polar surface area (TPSA) is 57.8 Å². The predicted molar refractivity (Wildman–Crippen MR) is 82.4 cm³/mol. The van der Waals surface area contributed by atoms with E-state index in [0.717, 1.165) is 21.7 Å². The third-order valence-electron chi connectivity index (χ3n) is 3.75. The normalized spacial score (nSPS) is 16.8. The maximum absolute atomic E-state index is 12.1. The molecule has 2 N–H and O–H groups in total. The van der Waals surface area contributed by atoms with Crippen LogP contribution in [0.1, 0.15) is 32.5 Å². The number of nitrogens with one attached hydrogen (secondary N) is 2. The van der Waals surface area contributed by atoms with Gasteiger partial charge >= 0.3 is 0 Å². The maximum atomic E-state index is 12.1. The first kappa shape index (κ1) is 12.3. The fraction of sp³-hybridized carbons (Fsp3) is 0.125. The Morgan fingerprint density at radius 3 is 2.71 bits per heavy atom.